The molecule has 6 rings (SSSR count). The Bertz CT molecular complexity index is 2840. The molecular weight excluding hydrogens is 1140 g/mol. The molecule has 486 valence electrons. The predicted octanol–water partition coefficient (Wildman–Crippen LogP) is 17.5. The van der Waals surface area contributed by atoms with Crippen LogP contribution in [0.25, 0.3) is 0 Å². The van der Waals surface area contributed by atoms with Gasteiger partial charge in [0.2, 0.25) is 0 Å². The summed E-state index contributed by atoms with van der Waals surface area (Å²) in [4.78, 5) is 75.8. The minimum Gasteiger partial charge on any atom is -0.478 e. The number of rotatable bonds is 45. The van der Waals surface area contributed by atoms with E-state index >= 15 is 0 Å². The monoisotopic (exact) mass is 1230 g/mol. The summed E-state index contributed by atoms with van der Waals surface area (Å²) in [6.45, 7) is 8.50. The summed E-state index contributed by atoms with van der Waals surface area (Å²) < 4.78 is 11.5. The first-order chi connectivity index (χ1) is 43.8. The van der Waals surface area contributed by atoms with Gasteiger partial charge in [0.05, 0.1) is 69.6 Å². The zero-order valence-corrected chi connectivity index (χ0v) is 53.9. The number of unbranched alkanes of at least 4 members (excludes halogenated alkanes) is 22. The molecule has 0 saturated heterocycles. The second kappa shape index (κ2) is 39.9. The van der Waals surface area contributed by atoms with Crippen molar-refractivity contribution in [2.45, 2.75) is 220 Å². The zero-order valence-electron chi connectivity index (χ0n) is 53.9. The lowest BCUT2D eigenvalue weighted by Gasteiger charge is -2.28. The Hall–Kier alpha value is -8.02. The third kappa shape index (κ3) is 23.4. The van der Waals surface area contributed by atoms with Crippen molar-refractivity contribution >= 4 is 81.3 Å². The van der Waals surface area contributed by atoms with Crippen molar-refractivity contribution in [3.63, 3.8) is 0 Å². The van der Waals surface area contributed by atoms with Gasteiger partial charge in [-0.1, -0.05) is 218 Å². The summed E-state index contributed by atoms with van der Waals surface area (Å²) in [6.07, 6.45) is 36.8. The van der Waals surface area contributed by atoms with Gasteiger partial charge in [-0.25, -0.2) is 19.2 Å². The lowest BCUT2D eigenvalue weighted by atomic mass is 9.78. The fourth-order valence-electron chi connectivity index (χ4n) is 11.7. The van der Waals surface area contributed by atoms with Gasteiger partial charge in [-0.05, 0) is 111 Å². The van der Waals surface area contributed by atoms with Crippen molar-refractivity contribution in [3.8, 4) is 0 Å². The molecule has 0 aromatic heterocycles. The fraction of sp³-hybridized carbons (Fsp3) is 0.528. The van der Waals surface area contributed by atoms with Gasteiger partial charge in [0.25, 0.3) is 0 Å². The molecule has 0 fully saturated rings. The number of esters is 2. The standard InChI is InChI=1S/C72H98N8O10/c1-5-7-9-11-13-19-25-35-55(37-27-21-15-17-23-33-51-89-71(87)61-39-29-31-41-63(61)73-75-65-53(3)77-79(67(65)81)59-47-43-57(44-48-59)69(83)84)56(36-26-20-14-12-10-8-6-2)38-28-22-16-18-24-34-52-90-72(88)62-40-30-32-42-64(62)74-76-66-54(4)78-80(68(66)82)60-49-45-58(46-50-60)70(85)86/h29-32,39-50,55-56,73-74H,5-28,33-38,51-52H2,1-4H3,(H,83,84)(H,85,86)/b75-65-,76-66-. The van der Waals surface area contributed by atoms with E-state index in [1.165, 1.54) is 200 Å². The number of aromatic carboxylic acids is 2. The molecule has 0 bridgehead atoms. The van der Waals surface area contributed by atoms with Crippen molar-refractivity contribution in [1.29, 1.82) is 0 Å². The number of amides is 2. The topological polar surface area (TPSA) is 241 Å². The van der Waals surface area contributed by atoms with Crippen LogP contribution in [0.5, 0.6) is 0 Å². The van der Waals surface area contributed by atoms with Crippen LogP contribution < -0.4 is 20.9 Å². The Morgan fingerprint density at radius 2 is 0.733 bits per heavy atom. The van der Waals surface area contributed by atoms with Crippen LogP contribution >= 0.6 is 0 Å². The molecule has 18 nitrogen and oxygen atoms in total. The number of carbonyl (C=O) groups excluding carboxylic acids is 4. The molecule has 4 N–H and O–H groups in total. The van der Waals surface area contributed by atoms with Crippen LogP contribution in [0.3, 0.4) is 0 Å². The average molecular weight is 1240 g/mol. The highest BCUT2D eigenvalue weighted by Gasteiger charge is 2.33. The fourth-order valence-corrected chi connectivity index (χ4v) is 11.7. The van der Waals surface area contributed by atoms with E-state index in [4.69, 9.17) is 9.47 Å². The van der Waals surface area contributed by atoms with Crippen LogP contribution in [0, 0.1) is 11.8 Å². The number of hydrazone groups is 4. The van der Waals surface area contributed by atoms with Gasteiger partial charge in [-0.3, -0.25) is 20.4 Å². The first-order valence-electron chi connectivity index (χ1n) is 33.5. The molecule has 90 heavy (non-hydrogen) atoms. The highest BCUT2D eigenvalue weighted by Crippen LogP contribution is 2.34. The number of benzene rings is 4. The second-order valence-corrected chi connectivity index (χ2v) is 24.0. The van der Waals surface area contributed by atoms with E-state index in [0.717, 1.165) is 63.2 Å². The molecule has 0 radical (unpaired) electrons. The largest absolute Gasteiger partial charge is 0.478 e. The Morgan fingerprint density at radius 1 is 0.433 bits per heavy atom. The summed E-state index contributed by atoms with van der Waals surface area (Å²) in [5, 5.41) is 38.1. The lowest BCUT2D eigenvalue weighted by Crippen LogP contribution is -2.28. The maximum atomic E-state index is 13.3. The Balaban J connectivity index is 0.911. The molecule has 4 aromatic rings. The van der Waals surface area contributed by atoms with Crippen LogP contribution in [0.1, 0.15) is 262 Å². The molecular formula is C72H98N8O10. The number of hydrogen-bond donors (Lipinski definition) is 4. The number of nitrogens with one attached hydrogen (secondary N) is 2. The van der Waals surface area contributed by atoms with Crippen molar-refractivity contribution < 1.29 is 48.5 Å². The first-order valence-corrected chi connectivity index (χ1v) is 33.5. The predicted molar refractivity (Wildman–Crippen MR) is 360 cm³/mol. The summed E-state index contributed by atoms with van der Waals surface area (Å²) >= 11 is 0. The molecule has 0 aliphatic carbocycles. The van der Waals surface area contributed by atoms with Gasteiger partial charge in [-0.15, -0.1) is 0 Å². The van der Waals surface area contributed by atoms with E-state index in [-0.39, 0.29) is 22.6 Å². The van der Waals surface area contributed by atoms with Gasteiger partial charge in [0, 0.05) is 0 Å². The zero-order chi connectivity index (χ0) is 64.3. The average Bonchev–Trinajstić information content (AvgIpc) is 4.21. The second-order valence-electron chi connectivity index (χ2n) is 24.0. The van der Waals surface area contributed by atoms with Crippen molar-refractivity contribution in [3.05, 3.63) is 119 Å². The van der Waals surface area contributed by atoms with E-state index in [2.05, 4.69) is 45.1 Å². The molecule has 4 aromatic carbocycles. The molecule has 2 aliphatic heterocycles. The number of nitrogens with zero attached hydrogens (tertiary/aromatic N) is 6. The van der Waals surface area contributed by atoms with Gasteiger partial charge < -0.3 is 19.7 Å². The molecule has 2 aliphatic rings. The van der Waals surface area contributed by atoms with Crippen LogP contribution in [0.15, 0.2) is 117 Å². The highest BCUT2D eigenvalue weighted by atomic mass is 16.5. The van der Waals surface area contributed by atoms with Crippen LogP contribution in [-0.2, 0) is 19.1 Å². The number of ether oxygens (including phenoxy) is 2. The first kappa shape index (κ1) is 71.1. The molecule has 2 unspecified atom stereocenters. The smallest absolute Gasteiger partial charge is 0.340 e. The van der Waals surface area contributed by atoms with Gasteiger partial charge in [-0.2, -0.15) is 30.4 Å². The Morgan fingerprint density at radius 3 is 1.06 bits per heavy atom. The number of hydrogen-bond acceptors (Lipinski definition) is 14. The summed E-state index contributed by atoms with van der Waals surface area (Å²) in [5.74, 6) is -2.52. The molecule has 18 heteroatoms. The summed E-state index contributed by atoms with van der Waals surface area (Å²) in [5.41, 5.74) is 9.06. The van der Waals surface area contributed by atoms with E-state index in [0.29, 0.717) is 58.5 Å². The summed E-state index contributed by atoms with van der Waals surface area (Å²) in [7, 11) is 0. The molecule has 0 spiro atoms. The van der Waals surface area contributed by atoms with Crippen molar-refractivity contribution in [2.24, 2.45) is 32.2 Å². The van der Waals surface area contributed by atoms with E-state index in [1.54, 1.807) is 62.4 Å². The number of anilines is 4. The number of carboxylic acid groups (broad SMARTS) is 2. The Labute approximate surface area is 533 Å². The maximum Gasteiger partial charge on any atom is 0.340 e. The quantitative estimate of drug-likeness (QED) is 0.0184. The van der Waals surface area contributed by atoms with E-state index < -0.39 is 35.7 Å². The number of carbonyl (C=O) groups is 6. The molecule has 2 atom stereocenters. The highest BCUT2D eigenvalue weighted by molar-refractivity contribution is 6.72. The minimum atomic E-state index is -1.07. The van der Waals surface area contributed by atoms with Crippen molar-refractivity contribution in [1.82, 2.24) is 0 Å². The van der Waals surface area contributed by atoms with Crippen LogP contribution in [0.2, 0.25) is 0 Å². The lowest BCUT2D eigenvalue weighted by molar-refractivity contribution is -0.112. The third-order valence-corrected chi connectivity index (χ3v) is 17.0. The van der Waals surface area contributed by atoms with E-state index in [1.807, 2.05) is 0 Å². The minimum absolute atomic E-state index is 0.0719. The maximum absolute atomic E-state index is 13.3. The van der Waals surface area contributed by atoms with Crippen molar-refractivity contribution in [2.75, 3.05) is 34.1 Å². The van der Waals surface area contributed by atoms with Crippen LogP contribution in [-0.4, -0.2) is 82.0 Å². The van der Waals surface area contributed by atoms with E-state index in [9.17, 15) is 39.0 Å². The third-order valence-electron chi connectivity index (χ3n) is 17.0. The summed E-state index contributed by atoms with van der Waals surface area (Å²) in [6, 6.07) is 25.5. The van der Waals surface area contributed by atoms with Gasteiger partial charge in [0.1, 0.15) is 0 Å². The molecule has 0 saturated carbocycles. The Kier molecular flexibility index (Phi) is 31.5. The van der Waals surface area contributed by atoms with Crippen LogP contribution in [0.4, 0.5) is 22.7 Å². The molecule has 2 amide bonds. The SMILES string of the molecule is CCCCCCCCCC(CCCCCCCCOC(=O)c1ccccc1N/N=C1\C(=O)N(c2ccc(C(=O)O)cc2)N=C1C)C(CCCCCCCCC)CCCCCCCCOC(=O)c1ccccc1N/N=C1\C(=O)N(c2ccc(C(=O)O)cc2)N=C1C. The number of carboxylic acids is 2. The van der Waals surface area contributed by atoms with Gasteiger partial charge in [0.15, 0.2) is 11.4 Å². The van der Waals surface area contributed by atoms with Gasteiger partial charge >= 0.3 is 35.7 Å². The molecule has 2 heterocycles. The normalized spacial score (nSPS) is 14.7. The number of para-hydroxylation sites is 2.